The van der Waals surface area contributed by atoms with Crippen molar-refractivity contribution >= 4 is 0 Å². The van der Waals surface area contributed by atoms with E-state index in [9.17, 15) is 0 Å². The van der Waals surface area contributed by atoms with E-state index in [1.54, 1.807) is 0 Å². The third-order valence-electron chi connectivity index (χ3n) is 3.98. The molecule has 2 rings (SSSR count). The quantitative estimate of drug-likeness (QED) is 0.766. The first kappa shape index (κ1) is 12.3. The first-order valence-electron chi connectivity index (χ1n) is 6.80. The number of piperidine rings is 1. The minimum absolute atomic E-state index is 0.517. The van der Waals surface area contributed by atoms with Crippen LogP contribution in [0, 0.1) is 11.8 Å². The molecule has 1 N–H and O–H groups in total. The number of likely N-dealkylation sites (tertiary alicyclic amines) is 1. The van der Waals surface area contributed by atoms with E-state index in [0.29, 0.717) is 6.10 Å². The Morgan fingerprint density at radius 3 is 2.56 bits per heavy atom. The fourth-order valence-electron chi connectivity index (χ4n) is 2.52. The monoisotopic (exact) mass is 226 g/mol. The fourth-order valence-corrected chi connectivity index (χ4v) is 2.52. The molecule has 0 saturated carbocycles. The van der Waals surface area contributed by atoms with Crippen LogP contribution in [0.3, 0.4) is 0 Å². The number of hydrogen-bond acceptors (Lipinski definition) is 3. The van der Waals surface area contributed by atoms with Gasteiger partial charge in [-0.1, -0.05) is 13.8 Å². The molecule has 0 aromatic rings. The molecule has 0 spiro atoms. The SMILES string of the molecule is CC(C)C1CN(CCOC2CCNCC2)C1. The summed E-state index contributed by atoms with van der Waals surface area (Å²) in [6, 6.07) is 0. The Bertz CT molecular complexity index is 196. The zero-order valence-corrected chi connectivity index (χ0v) is 10.7. The van der Waals surface area contributed by atoms with E-state index in [-0.39, 0.29) is 0 Å². The van der Waals surface area contributed by atoms with Crippen LogP contribution < -0.4 is 5.32 Å². The van der Waals surface area contributed by atoms with Gasteiger partial charge in [-0.15, -0.1) is 0 Å². The van der Waals surface area contributed by atoms with Crippen molar-refractivity contribution in [2.24, 2.45) is 11.8 Å². The second-order valence-electron chi connectivity index (χ2n) is 5.58. The van der Waals surface area contributed by atoms with Crippen molar-refractivity contribution in [2.75, 3.05) is 39.3 Å². The Kier molecular flexibility index (Phi) is 4.62. The highest BCUT2D eigenvalue weighted by Crippen LogP contribution is 2.22. The molecular formula is C13H26N2O. The van der Waals surface area contributed by atoms with Crippen LogP contribution in [0.5, 0.6) is 0 Å². The van der Waals surface area contributed by atoms with Crippen molar-refractivity contribution in [3.63, 3.8) is 0 Å². The smallest absolute Gasteiger partial charge is 0.0600 e. The molecule has 3 nitrogen and oxygen atoms in total. The molecule has 2 aliphatic heterocycles. The first-order valence-corrected chi connectivity index (χ1v) is 6.80. The summed E-state index contributed by atoms with van der Waals surface area (Å²) in [6.07, 6.45) is 2.90. The molecule has 94 valence electrons. The summed E-state index contributed by atoms with van der Waals surface area (Å²) in [4.78, 5) is 2.52. The Labute approximate surface area is 99.5 Å². The molecule has 0 bridgehead atoms. The highest BCUT2D eigenvalue weighted by Gasteiger charge is 2.28. The number of ether oxygens (including phenoxy) is 1. The van der Waals surface area contributed by atoms with Crippen LogP contribution in [-0.4, -0.2) is 50.3 Å². The van der Waals surface area contributed by atoms with E-state index in [4.69, 9.17) is 4.74 Å². The summed E-state index contributed by atoms with van der Waals surface area (Å²) in [5, 5.41) is 3.36. The van der Waals surface area contributed by atoms with Gasteiger partial charge in [0.15, 0.2) is 0 Å². The van der Waals surface area contributed by atoms with Gasteiger partial charge in [0.05, 0.1) is 12.7 Å². The lowest BCUT2D eigenvalue weighted by atomic mass is 9.88. The maximum absolute atomic E-state index is 5.90. The Balaban J connectivity index is 1.49. The molecule has 3 heteroatoms. The van der Waals surface area contributed by atoms with Crippen molar-refractivity contribution in [1.29, 1.82) is 0 Å². The summed E-state index contributed by atoms with van der Waals surface area (Å²) >= 11 is 0. The van der Waals surface area contributed by atoms with Crippen LogP contribution in [0.4, 0.5) is 0 Å². The molecule has 0 aliphatic carbocycles. The predicted molar refractivity (Wildman–Crippen MR) is 66.6 cm³/mol. The van der Waals surface area contributed by atoms with E-state index in [1.165, 1.54) is 25.9 Å². The average molecular weight is 226 g/mol. The van der Waals surface area contributed by atoms with Gasteiger partial charge in [0.2, 0.25) is 0 Å². The molecule has 2 aliphatic rings. The zero-order valence-electron chi connectivity index (χ0n) is 10.7. The van der Waals surface area contributed by atoms with Gasteiger partial charge in [-0.25, -0.2) is 0 Å². The van der Waals surface area contributed by atoms with E-state index in [0.717, 1.165) is 38.1 Å². The van der Waals surface area contributed by atoms with E-state index in [2.05, 4.69) is 24.1 Å². The molecule has 16 heavy (non-hydrogen) atoms. The summed E-state index contributed by atoms with van der Waals surface area (Å²) in [7, 11) is 0. The third-order valence-corrected chi connectivity index (χ3v) is 3.98. The molecule has 0 amide bonds. The molecule has 0 radical (unpaired) electrons. The van der Waals surface area contributed by atoms with E-state index < -0.39 is 0 Å². The topological polar surface area (TPSA) is 24.5 Å². The van der Waals surface area contributed by atoms with Crippen molar-refractivity contribution in [3.05, 3.63) is 0 Å². The third kappa shape index (κ3) is 3.44. The Hall–Kier alpha value is -0.120. The molecule has 2 heterocycles. The Morgan fingerprint density at radius 2 is 1.94 bits per heavy atom. The highest BCUT2D eigenvalue weighted by atomic mass is 16.5. The van der Waals surface area contributed by atoms with Crippen molar-refractivity contribution in [2.45, 2.75) is 32.8 Å². The van der Waals surface area contributed by atoms with Crippen LogP contribution >= 0.6 is 0 Å². The van der Waals surface area contributed by atoms with Gasteiger partial charge in [-0.2, -0.15) is 0 Å². The lowest BCUT2D eigenvalue weighted by Gasteiger charge is -2.41. The Morgan fingerprint density at radius 1 is 1.25 bits per heavy atom. The predicted octanol–water partition coefficient (Wildman–Crippen LogP) is 1.34. The van der Waals surface area contributed by atoms with Crippen LogP contribution in [0.15, 0.2) is 0 Å². The molecule has 2 saturated heterocycles. The van der Waals surface area contributed by atoms with Gasteiger partial charge in [0, 0.05) is 19.6 Å². The summed E-state index contributed by atoms with van der Waals surface area (Å²) in [5.41, 5.74) is 0. The molecule has 0 atom stereocenters. The molecule has 0 unspecified atom stereocenters. The first-order chi connectivity index (χ1) is 7.75. The van der Waals surface area contributed by atoms with E-state index in [1.807, 2.05) is 0 Å². The van der Waals surface area contributed by atoms with Gasteiger partial charge in [0.25, 0.3) is 0 Å². The lowest BCUT2D eigenvalue weighted by molar-refractivity contribution is -0.00766. The second-order valence-corrected chi connectivity index (χ2v) is 5.58. The van der Waals surface area contributed by atoms with Gasteiger partial charge in [-0.3, -0.25) is 0 Å². The lowest BCUT2D eigenvalue weighted by Crippen LogP contribution is -2.50. The van der Waals surface area contributed by atoms with Gasteiger partial charge < -0.3 is 15.0 Å². The summed E-state index contributed by atoms with van der Waals surface area (Å²) in [6.45, 7) is 11.5. The van der Waals surface area contributed by atoms with Crippen molar-refractivity contribution in [1.82, 2.24) is 10.2 Å². The standard InChI is InChI=1S/C13H26N2O/c1-11(2)12-9-15(10-12)7-8-16-13-3-5-14-6-4-13/h11-14H,3-10H2,1-2H3. The van der Waals surface area contributed by atoms with Crippen LogP contribution in [0.2, 0.25) is 0 Å². The largest absolute Gasteiger partial charge is 0.377 e. The van der Waals surface area contributed by atoms with Crippen molar-refractivity contribution in [3.8, 4) is 0 Å². The van der Waals surface area contributed by atoms with Gasteiger partial charge in [0.1, 0.15) is 0 Å². The number of nitrogens with zero attached hydrogens (tertiary/aromatic N) is 1. The summed E-state index contributed by atoms with van der Waals surface area (Å²) < 4.78 is 5.90. The number of hydrogen-bond donors (Lipinski definition) is 1. The fraction of sp³-hybridized carbons (Fsp3) is 1.00. The average Bonchev–Trinajstić information content (AvgIpc) is 2.22. The van der Waals surface area contributed by atoms with Crippen molar-refractivity contribution < 1.29 is 4.74 Å². The maximum Gasteiger partial charge on any atom is 0.0600 e. The second kappa shape index (κ2) is 5.99. The molecule has 0 aromatic heterocycles. The zero-order chi connectivity index (χ0) is 11.4. The number of rotatable bonds is 5. The van der Waals surface area contributed by atoms with Crippen LogP contribution in [0.1, 0.15) is 26.7 Å². The van der Waals surface area contributed by atoms with Gasteiger partial charge in [-0.05, 0) is 37.8 Å². The maximum atomic E-state index is 5.90. The highest BCUT2D eigenvalue weighted by molar-refractivity contribution is 4.81. The van der Waals surface area contributed by atoms with Crippen LogP contribution in [0.25, 0.3) is 0 Å². The minimum Gasteiger partial charge on any atom is -0.377 e. The minimum atomic E-state index is 0.517. The molecular weight excluding hydrogens is 200 g/mol. The molecule has 2 fully saturated rings. The summed E-state index contributed by atoms with van der Waals surface area (Å²) in [5.74, 6) is 1.78. The molecule has 0 aromatic carbocycles. The van der Waals surface area contributed by atoms with Gasteiger partial charge >= 0.3 is 0 Å². The van der Waals surface area contributed by atoms with E-state index >= 15 is 0 Å². The number of nitrogens with one attached hydrogen (secondary N) is 1. The van der Waals surface area contributed by atoms with Crippen LogP contribution in [-0.2, 0) is 4.74 Å². The normalized spacial score (nSPS) is 24.9.